The molecule has 0 spiro atoms. The van der Waals surface area contributed by atoms with Crippen molar-refractivity contribution in [3.63, 3.8) is 0 Å². The third-order valence-electron chi connectivity index (χ3n) is 3.24. The van der Waals surface area contributed by atoms with Crippen LogP contribution in [0.5, 0.6) is 0 Å². The van der Waals surface area contributed by atoms with Crippen LogP contribution in [0, 0.1) is 11.8 Å². The van der Waals surface area contributed by atoms with Crippen molar-refractivity contribution in [2.75, 3.05) is 6.54 Å². The second-order valence-corrected chi connectivity index (χ2v) is 3.73. The van der Waals surface area contributed by atoms with E-state index >= 15 is 0 Å². The third-order valence-corrected chi connectivity index (χ3v) is 3.24. The van der Waals surface area contributed by atoms with Gasteiger partial charge < -0.3 is 10.1 Å². The van der Waals surface area contributed by atoms with Crippen LogP contribution in [0.25, 0.3) is 0 Å². The highest BCUT2D eigenvalue weighted by Crippen LogP contribution is 2.45. The summed E-state index contributed by atoms with van der Waals surface area (Å²) in [6.45, 7) is 0.852. The second-order valence-electron chi connectivity index (χ2n) is 3.73. The van der Waals surface area contributed by atoms with Crippen molar-refractivity contribution in [1.82, 2.24) is 5.32 Å². The van der Waals surface area contributed by atoms with Crippen LogP contribution in [0.1, 0.15) is 12.8 Å². The molecule has 60 valence electrons. The number of amides is 1. The molecule has 2 bridgehead atoms. The largest absolute Gasteiger partial charge is 0.374 e. The van der Waals surface area contributed by atoms with Gasteiger partial charge >= 0.3 is 0 Å². The predicted molar refractivity (Wildman–Crippen MR) is 37.9 cm³/mol. The van der Waals surface area contributed by atoms with Gasteiger partial charge in [-0.15, -0.1) is 0 Å². The fraction of sp³-hybridized carbons (Fsp3) is 0.875. The molecular weight excluding hydrogens is 142 g/mol. The lowest BCUT2D eigenvalue weighted by Crippen LogP contribution is -2.28. The lowest BCUT2D eigenvalue weighted by atomic mass is 9.81. The maximum Gasteiger partial charge on any atom is 0.226 e. The van der Waals surface area contributed by atoms with Gasteiger partial charge in [-0.3, -0.25) is 4.79 Å². The molecule has 4 atom stereocenters. The topological polar surface area (TPSA) is 38.3 Å². The van der Waals surface area contributed by atoms with E-state index in [1.54, 1.807) is 0 Å². The number of hydrogen-bond acceptors (Lipinski definition) is 2. The number of carbonyl (C=O) groups is 1. The van der Waals surface area contributed by atoms with Crippen LogP contribution in [0.3, 0.4) is 0 Å². The highest BCUT2D eigenvalue weighted by molar-refractivity contribution is 5.82. The van der Waals surface area contributed by atoms with E-state index in [0.717, 1.165) is 13.0 Å². The van der Waals surface area contributed by atoms with Crippen LogP contribution in [0.2, 0.25) is 0 Å². The first-order valence-corrected chi connectivity index (χ1v) is 4.29. The zero-order valence-corrected chi connectivity index (χ0v) is 6.25. The normalized spacial score (nSPS) is 52.9. The Balaban J connectivity index is 1.97. The predicted octanol–water partition coefficient (Wildman–Crippen LogP) is -0.0902. The van der Waals surface area contributed by atoms with Crippen LogP contribution < -0.4 is 5.32 Å². The molecule has 0 unspecified atom stereocenters. The molecule has 0 aromatic heterocycles. The number of hydrogen-bond donors (Lipinski definition) is 1. The average molecular weight is 153 g/mol. The van der Waals surface area contributed by atoms with Gasteiger partial charge in [0.1, 0.15) is 0 Å². The van der Waals surface area contributed by atoms with E-state index in [4.69, 9.17) is 4.74 Å². The summed E-state index contributed by atoms with van der Waals surface area (Å²) < 4.78 is 5.65. The van der Waals surface area contributed by atoms with Crippen LogP contribution in [-0.4, -0.2) is 24.7 Å². The quantitative estimate of drug-likeness (QED) is 0.528. The van der Waals surface area contributed by atoms with E-state index in [9.17, 15) is 4.79 Å². The molecular formula is C8H11NO2. The summed E-state index contributed by atoms with van der Waals surface area (Å²) in [6.07, 6.45) is 2.91. The van der Waals surface area contributed by atoms with Crippen LogP contribution >= 0.6 is 0 Å². The van der Waals surface area contributed by atoms with Crippen molar-refractivity contribution in [3.05, 3.63) is 0 Å². The van der Waals surface area contributed by atoms with Crippen molar-refractivity contribution < 1.29 is 9.53 Å². The van der Waals surface area contributed by atoms with Gasteiger partial charge in [0.2, 0.25) is 5.91 Å². The van der Waals surface area contributed by atoms with Gasteiger partial charge in [0.25, 0.3) is 0 Å². The second kappa shape index (κ2) is 1.78. The van der Waals surface area contributed by atoms with Gasteiger partial charge in [0.05, 0.1) is 18.1 Å². The Morgan fingerprint density at radius 2 is 2.18 bits per heavy atom. The molecule has 0 aromatic rings. The number of ether oxygens (including phenoxy) is 1. The molecule has 3 nitrogen and oxygen atoms in total. The summed E-state index contributed by atoms with van der Waals surface area (Å²) in [5.41, 5.74) is 0. The lowest BCUT2D eigenvalue weighted by Gasteiger charge is -2.16. The molecule has 3 saturated heterocycles. The minimum Gasteiger partial charge on any atom is -0.374 e. The summed E-state index contributed by atoms with van der Waals surface area (Å²) in [5, 5.41) is 2.90. The van der Waals surface area contributed by atoms with Crippen LogP contribution in [-0.2, 0) is 9.53 Å². The minimum absolute atomic E-state index is 0.203. The van der Waals surface area contributed by atoms with E-state index < -0.39 is 0 Å². The van der Waals surface area contributed by atoms with Crippen molar-refractivity contribution in [1.29, 1.82) is 0 Å². The summed E-state index contributed by atoms with van der Waals surface area (Å²) >= 11 is 0. The molecule has 0 radical (unpaired) electrons. The van der Waals surface area contributed by atoms with Crippen LogP contribution in [0.15, 0.2) is 0 Å². The molecule has 3 fully saturated rings. The van der Waals surface area contributed by atoms with Gasteiger partial charge in [-0.2, -0.15) is 0 Å². The zero-order valence-electron chi connectivity index (χ0n) is 6.25. The molecule has 3 aliphatic heterocycles. The van der Waals surface area contributed by atoms with Gasteiger partial charge in [-0.25, -0.2) is 0 Å². The lowest BCUT2D eigenvalue weighted by molar-refractivity contribution is -0.124. The Morgan fingerprint density at radius 3 is 3.00 bits per heavy atom. The number of carbonyl (C=O) groups excluding carboxylic acids is 1. The summed E-state index contributed by atoms with van der Waals surface area (Å²) in [6, 6.07) is 0. The van der Waals surface area contributed by atoms with Crippen LogP contribution in [0.4, 0.5) is 0 Å². The Bertz CT molecular complexity index is 216. The average Bonchev–Trinajstić information content (AvgIpc) is 2.60. The molecule has 11 heavy (non-hydrogen) atoms. The molecule has 1 amide bonds. The molecule has 1 N–H and O–H groups in total. The Labute approximate surface area is 65.1 Å². The molecule has 3 heteroatoms. The first-order valence-electron chi connectivity index (χ1n) is 4.29. The molecule has 0 aliphatic carbocycles. The smallest absolute Gasteiger partial charge is 0.226 e. The fourth-order valence-corrected chi connectivity index (χ4v) is 2.73. The van der Waals surface area contributed by atoms with E-state index in [2.05, 4.69) is 5.32 Å². The molecule has 3 heterocycles. The van der Waals surface area contributed by atoms with Crippen molar-refractivity contribution >= 4 is 5.91 Å². The monoisotopic (exact) mass is 153 g/mol. The Hall–Kier alpha value is -0.570. The van der Waals surface area contributed by atoms with Gasteiger partial charge in [-0.05, 0) is 12.8 Å². The number of fused-ring (bicyclic) bond motifs is 5. The zero-order chi connectivity index (χ0) is 7.42. The first-order chi connectivity index (χ1) is 5.36. The Morgan fingerprint density at radius 1 is 1.36 bits per heavy atom. The van der Waals surface area contributed by atoms with E-state index in [-0.39, 0.29) is 17.9 Å². The van der Waals surface area contributed by atoms with E-state index in [1.165, 1.54) is 6.42 Å². The van der Waals surface area contributed by atoms with Crippen molar-refractivity contribution in [2.45, 2.75) is 25.0 Å². The SMILES string of the molecule is O=C1NC[C@H]2[C@@H]1[C@@H]1CC[C@H]2O1. The molecule has 0 aromatic carbocycles. The summed E-state index contributed by atoms with van der Waals surface area (Å²) in [4.78, 5) is 11.3. The highest BCUT2D eigenvalue weighted by atomic mass is 16.5. The number of nitrogens with one attached hydrogen (secondary N) is 1. The summed E-state index contributed by atoms with van der Waals surface area (Å²) in [5.74, 6) is 0.928. The maximum absolute atomic E-state index is 11.3. The standard InChI is InChI=1S/C8H11NO2/c10-8-7-4(3-9-8)5-1-2-6(7)11-5/h4-7H,1-3H2,(H,9,10)/t4-,5-,6+,7-/m1/s1. The maximum atomic E-state index is 11.3. The van der Waals surface area contributed by atoms with Crippen molar-refractivity contribution in [3.8, 4) is 0 Å². The highest BCUT2D eigenvalue weighted by Gasteiger charge is 2.54. The molecule has 0 saturated carbocycles. The van der Waals surface area contributed by atoms with Crippen molar-refractivity contribution in [2.24, 2.45) is 11.8 Å². The van der Waals surface area contributed by atoms with E-state index in [1.807, 2.05) is 0 Å². The third kappa shape index (κ3) is 0.601. The summed E-state index contributed by atoms with van der Waals surface area (Å²) in [7, 11) is 0. The van der Waals surface area contributed by atoms with Gasteiger partial charge in [0.15, 0.2) is 0 Å². The molecule has 3 rings (SSSR count). The Kier molecular flexibility index (Phi) is 0.969. The molecule has 3 aliphatic rings. The van der Waals surface area contributed by atoms with E-state index in [0.29, 0.717) is 12.0 Å². The minimum atomic E-state index is 0.203. The van der Waals surface area contributed by atoms with Gasteiger partial charge in [0, 0.05) is 12.5 Å². The first kappa shape index (κ1) is 6.00. The van der Waals surface area contributed by atoms with Gasteiger partial charge in [-0.1, -0.05) is 0 Å². The number of rotatable bonds is 0. The fourth-order valence-electron chi connectivity index (χ4n) is 2.73.